The molecular formula is C29H25F3N2O3. The highest BCUT2D eigenvalue weighted by Gasteiger charge is 2.37. The molecule has 0 radical (unpaired) electrons. The van der Waals surface area contributed by atoms with Gasteiger partial charge < -0.3 is 20.1 Å². The van der Waals surface area contributed by atoms with Crippen molar-refractivity contribution >= 4 is 28.1 Å². The average molecular weight is 507 g/mol. The lowest BCUT2D eigenvalue weighted by atomic mass is 9.99. The third-order valence-corrected chi connectivity index (χ3v) is 6.63. The molecule has 0 bridgehead atoms. The summed E-state index contributed by atoms with van der Waals surface area (Å²) in [7, 11) is 0. The van der Waals surface area contributed by atoms with Crippen molar-refractivity contribution in [2.45, 2.75) is 25.2 Å². The minimum Gasteiger partial charge on any atom is -0.485 e. The van der Waals surface area contributed by atoms with E-state index < -0.39 is 23.3 Å². The van der Waals surface area contributed by atoms with Gasteiger partial charge >= 0.3 is 12.1 Å². The van der Waals surface area contributed by atoms with Crippen molar-refractivity contribution in [3.05, 3.63) is 102 Å². The summed E-state index contributed by atoms with van der Waals surface area (Å²) in [6.07, 6.45) is -5.16. The monoisotopic (exact) mass is 506 g/mol. The van der Waals surface area contributed by atoms with Crippen molar-refractivity contribution < 1.29 is 27.8 Å². The summed E-state index contributed by atoms with van der Waals surface area (Å²) in [5, 5.41) is 15.1. The van der Waals surface area contributed by atoms with E-state index in [9.17, 15) is 23.1 Å². The lowest BCUT2D eigenvalue weighted by Gasteiger charge is -2.37. The van der Waals surface area contributed by atoms with E-state index in [1.807, 2.05) is 18.2 Å². The van der Waals surface area contributed by atoms with Gasteiger partial charge in [-0.3, -0.25) is 0 Å². The van der Waals surface area contributed by atoms with E-state index in [0.29, 0.717) is 18.0 Å². The van der Waals surface area contributed by atoms with Crippen molar-refractivity contribution in [3.63, 3.8) is 0 Å². The minimum absolute atomic E-state index is 0.00648. The number of carboxylic acid groups (broad SMARTS) is 1. The second-order valence-electron chi connectivity index (χ2n) is 9.05. The summed E-state index contributed by atoms with van der Waals surface area (Å²) in [4.78, 5) is 13.2. The Hall–Kier alpha value is -4.04. The Morgan fingerprint density at radius 1 is 1.05 bits per heavy atom. The maximum absolute atomic E-state index is 13.7. The van der Waals surface area contributed by atoms with Crippen LogP contribution in [0.5, 0.6) is 5.75 Å². The van der Waals surface area contributed by atoms with Crippen LogP contribution in [0, 0.1) is 0 Å². The van der Waals surface area contributed by atoms with Gasteiger partial charge in [-0.1, -0.05) is 54.6 Å². The standard InChI is InChI=1S/C29H25F3N2O3/c1-18(22-10-6-8-19-7-2-3-9-23(19)22)33-16-21-17-34(26-11-4-5-12-27(26)37-21)20-13-14-24(28(35)36)25(15-20)29(30,31)32/h2-15,18,21,33H,16-17H2,1H3,(H,35,36)/t18-,21?/m1/s1. The number of fused-ring (bicyclic) bond motifs is 2. The van der Waals surface area contributed by atoms with E-state index >= 15 is 0 Å². The zero-order valence-corrected chi connectivity index (χ0v) is 20.0. The molecule has 37 heavy (non-hydrogen) atoms. The van der Waals surface area contributed by atoms with Gasteiger partial charge in [0.25, 0.3) is 0 Å². The SMILES string of the molecule is C[C@@H](NCC1CN(c2ccc(C(=O)O)c(C(F)(F)F)c2)c2ccccc2O1)c1cccc2ccccc12. The molecule has 2 atom stereocenters. The second kappa shape index (κ2) is 9.78. The minimum atomic E-state index is -4.80. The van der Waals surface area contributed by atoms with E-state index in [2.05, 4.69) is 36.5 Å². The van der Waals surface area contributed by atoms with Crippen molar-refractivity contribution in [1.82, 2.24) is 5.32 Å². The summed E-state index contributed by atoms with van der Waals surface area (Å²) in [5.41, 5.74) is 0.0584. The number of carboxylic acids is 1. The smallest absolute Gasteiger partial charge is 0.417 e. The molecule has 8 heteroatoms. The number of halogens is 3. The molecular weight excluding hydrogens is 481 g/mol. The highest BCUT2D eigenvalue weighted by molar-refractivity contribution is 5.90. The van der Waals surface area contributed by atoms with Crippen LogP contribution < -0.4 is 15.0 Å². The summed E-state index contributed by atoms with van der Waals surface area (Å²) in [6, 6.07) is 24.8. The van der Waals surface area contributed by atoms with Crippen LogP contribution >= 0.6 is 0 Å². The molecule has 0 spiro atoms. The quantitative estimate of drug-likeness (QED) is 0.301. The third-order valence-electron chi connectivity index (χ3n) is 6.63. The first-order valence-corrected chi connectivity index (χ1v) is 11.9. The Kier molecular flexibility index (Phi) is 6.52. The fourth-order valence-electron chi connectivity index (χ4n) is 4.82. The topological polar surface area (TPSA) is 61.8 Å². The molecule has 5 nitrogen and oxygen atoms in total. The highest BCUT2D eigenvalue weighted by atomic mass is 19.4. The van der Waals surface area contributed by atoms with Gasteiger partial charge in [-0.25, -0.2) is 4.79 Å². The summed E-state index contributed by atoms with van der Waals surface area (Å²) in [6.45, 7) is 2.81. The van der Waals surface area contributed by atoms with Crippen LogP contribution in [0.2, 0.25) is 0 Å². The molecule has 0 aromatic heterocycles. The number of hydrogen-bond acceptors (Lipinski definition) is 4. The molecule has 2 N–H and O–H groups in total. The van der Waals surface area contributed by atoms with Gasteiger partial charge in [0.05, 0.1) is 23.4 Å². The number of nitrogens with zero attached hydrogens (tertiary/aromatic N) is 1. The van der Waals surface area contributed by atoms with Crippen LogP contribution in [-0.4, -0.2) is 30.3 Å². The molecule has 4 aromatic rings. The maximum atomic E-state index is 13.7. The largest absolute Gasteiger partial charge is 0.485 e. The first-order valence-electron chi connectivity index (χ1n) is 11.9. The molecule has 4 aromatic carbocycles. The Morgan fingerprint density at radius 2 is 1.78 bits per heavy atom. The number of ether oxygens (including phenoxy) is 1. The van der Waals surface area contributed by atoms with E-state index in [1.54, 1.807) is 29.2 Å². The van der Waals surface area contributed by atoms with E-state index in [-0.39, 0.29) is 24.4 Å². The van der Waals surface area contributed by atoms with E-state index in [4.69, 9.17) is 4.74 Å². The lowest BCUT2D eigenvalue weighted by molar-refractivity contribution is -0.138. The molecule has 0 fully saturated rings. The Morgan fingerprint density at radius 3 is 2.57 bits per heavy atom. The molecule has 0 aliphatic carbocycles. The van der Waals surface area contributed by atoms with Crippen molar-refractivity contribution in [2.75, 3.05) is 18.0 Å². The van der Waals surface area contributed by atoms with Crippen LogP contribution in [-0.2, 0) is 6.18 Å². The Balaban J connectivity index is 1.42. The second-order valence-corrected chi connectivity index (χ2v) is 9.05. The number of alkyl halides is 3. The molecule has 5 rings (SSSR count). The molecule has 0 saturated carbocycles. The average Bonchev–Trinajstić information content (AvgIpc) is 2.90. The van der Waals surface area contributed by atoms with Crippen molar-refractivity contribution in [2.24, 2.45) is 0 Å². The molecule has 190 valence electrons. The fraction of sp³-hybridized carbons (Fsp3) is 0.207. The van der Waals surface area contributed by atoms with Crippen LogP contribution in [0.15, 0.2) is 84.9 Å². The zero-order chi connectivity index (χ0) is 26.2. The number of anilines is 2. The number of hydrogen-bond donors (Lipinski definition) is 2. The first kappa shape index (κ1) is 24.6. The van der Waals surface area contributed by atoms with Gasteiger partial charge in [0.1, 0.15) is 11.9 Å². The molecule has 1 unspecified atom stereocenters. The third kappa shape index (κ3) is 4.97. The van der Waals surface area contributed by atoms with Gasteiger partial charge in [0, 0.05) is 18.3 Å². The summed E-state index contributed by atoms with van der Waals surface area (Å²) >= 11 is 0. The van der Waals surface area contributed by atoms with Crippen molar-refractivity contribution in [1.29, 1.82) is 0 Å². The Bertz CT molecular complexity index is 1450. The van der Waals surface area contributed by atoms with Gasteiger partial charge in [0.2, 0.25) is 0 Å². The fourth-order valence-corrected chi connectivity index (χ4v) is 4.82. The highest BCUT2D eigenvalue weighted by Crippen LogP contribution is 2.41. The number of para-hydroxylation sites is 2. The number of rotatable bonds is 6. The lowest BCUT2D eigenvalue weighted by Crippen LogP contribution is -2.44. The predicted octanol–water partition coefficient (Wildman–Crippen LogP) is 6.81. The Labute approximate surface area is 212 Å². The van der Waals surface area contributed by atoms with Gasteiger partial charge in [0.15, 0.2) is 0 Å². The molecule has 1 aliphatic heterocycles. The molecule has 1 heterocycles. The number of carbonyl (C=O) groups is 1. The maximum Gasteiger partial charge on any atom is 0.417 e. The number of aromatic carboxylic acids is 1. The van der Waals surface area contributed by atoms with Crippen LogP contribution in [0.25, 0.3) is 10.8 Å². The number of nitrogens with one attached hydrogen (secondary N) is 1. The zero-order valence-electron chi connectivity index (χ0n) is 20.0. The van der Waals surface area contributed by atoms with Crippen molar-refractivity contribution in [3.8, 4) is 5.75 Å². The van der Waals surface area contributed by atoms with Gasteiger partial charge in [-0.15, -0.1) is 0 Å². The number of benzene rings is 4. The van der Waals surface area contributed by atoms with Gasteiger partial charge in [-0.05, 0) is 53.6 Å². The van der Waals surface area contributed by atoms with Crippen LogP contribution in [0.4, 0.5) is 24.5 Å². The van der Waals surface area contributed by atoms with Crippen LogP contribution in [0.3, 0.4) is 0 Å². The van der Waals surface area contributed by atoms with E-state index in [0.717, 1.165) is 28.5 Å². The molecule has 0 amide bonds. The normalized spacial score (nSPS) is 16.2. The molecule has 0 saturated heterocycles. The van der Waals surface area contributed by atoms with Gasteiger partial charge in [-0.2, -0.15) is 13.2 Å². The summed E-state index contributed by atoms with van der Waals surface area (Å²) < 4.78 is 47.3. The molecule has 1 aliphatic rings. The predicted molar refractivity (Wildman–Crippen MR) is 137 cm³/mol. The van der Waals surface area contributed by atoms with E-state index in [1.165, 1.54) is 6.07 Å². The van der Waals surface area contributed by atoms with Crippen LogP contribution in [0.1, 0.15) is 34.5 Å². The first-order chi connectivity index (χ1) is 17.7. The summed E-state index contributed by atoms with van der Waals surface area (Å²) in [5.74, 6) is -1.07.